The molecule has 160 valence electrons. The topological polar surface area (TPSA) is 168 Å². The molecule has 0 amide bonds. The van der Waals surface area contributed by atoms with Crippen molar-refractivity contribution in [3.05, 3.63) is 64.7 Å². The number of phenolic OH excluding ortho intramolecular Hbond substituents is 6. The summed E-state index contributed by atoms with van der Waals surface area (Å²) in [6, 6.07) is 8.45. The van der Waals surface area contributed by atoms with Gasteiger partial charge in [-0.1, -0.05) is 0 Å². The fourth-order valence-electron chi connectivity index (χ4n) is 3.89. The highest BCUT2D eigenvalue weighted by Crippen LogP contribution is 2.50. The van der Waals surface area contributed by atoms with Crippen molar-refractivity contribution in [2.24, 2.45) is 0 Å². The predicted molar refractivity (Wildman–Crippen MR) is 106 cm³/mol. The van der Waals surface area contributed by atoms with Gasteiger partial charge in [0.1, 0.15) is 29.1 Å². The van der Waals surface area contributed by atoms with E-state index in [1.807, 2.05) is 0 Å². The summed E-state index contributed by atoms with van der Waals surface area (Å²) in [7, 11) is 0. The fraction of sp³-hybridized carbons (Fsp3) is 0.136. The average Bonchev–Trinajstić information content (AvgIpc) is 2.70. The molecule has 1 unspecified atom stereocenters. The van der Waals surface area contributed by atoms with Gasteiger partial charge in [0, 0.05) is 29.2 Å². The first-order valence-corrected chi connectivity index (χ1v) is 9.18. The normalized spacial score (nSPS) is 17.5. The molecule has 3 aromatic carbocycles. The lowest BCUT2D eigenvalue weighted by molar-refractivity contribution is 0.0692. The molecule has 1 aliphatic heterocycles. The largest absolute Gasteiger partial charge is 0.508 e. The van der Waals surface area contributed by atoms with E-state index in [4.69, 9.17) is 4.74 Å². The van der Waals surface area contributed by atoms with Crippen molar-refractivity contribution >= 4 is 5.97 Å². The van der Waals surface area contributed by atoms with Gasteiger partial charge >= 0.3 is 5.97 Å². The Hall–Kier alpha value is -4.27. The average molecular weight is 426 g/mol. The monoisotopic (exact) mass is 426 g/mol. The van der Waals surface area contributed by atoms with Gasteiger partial charge in [0.2, 0.25) is 0 Å². The highest BCUT2D eigenvalue weighted by atomic mass is 16.5. The van der Waals surface area contributed by atoms with Crippen molar-refractivity contribution in [1.29, 1.82) is 0 Å². The van der Waals surface area contributed by atoms with Crippen LogP contribution < -0.4 is 4.74 Å². The third kappa shape index (κ3) is 3.46. The van der Waals surface area contributed by atoms with Crippen LogP contribution in [0.25, 0.3) is 0 Å². The summed E-state index contributed by atoms with van der Waals surface area (Å²) in [6.07, 6.45) is -0.955. The van der Waals surface area contributed by atoms with E-state index in [-0.39, 0.29) is 46.1 Å². The van der Waals surface area contributed by atoms with Crippen molar-refractivity contribution in [2.75, 3.05) is 0 Å². The summed E-state index contributed by atoms with van der Waals surface area (Å²) >= 11 is 0. The van der Waals surface area contributed by atoms with E-state index in [9.17, 15) is 40.5 Å². The van der Waals surface area contributed by atoms with Gasteiger partial charge < -0.3 is 40.5 Å². The number of carbonyl (C=O) groups is 1. The maximum Gasteiger partial charge on any atom is 0.335 e. The van der Waals surface area contributed by atoms with Crippen LogP contribution >= 0.6 is 0 Å². The molecule has 2 atom stereocenters. The Balaban J connectivity index is 1.94. The number of carboxylic acid groups (broad SMARTS) is 1. The second kappa shape index (κ2) is 7.21. The molecule has 0 aromatic heterocycles. The van der Waals surface area contributed by atoms with Crippen molar-refractivity contribution < 1.29 is 45.3 Å². The summed E-state index contributed by atoms with van der Waals surface area (Å²) in [5.41, 5.74) is 0.602. The van der Waals surface area contributed by atoms with Gasteiger partial charge in [0.15, 0.2) is 17.2 Å². The van der Waals surface area contributed by atoms with Crippen LogP contribution in [0.15, 0.2) is 42.5 Å². The Kier molecular flexibility index (Phi) is 4.65. The number of fused-ring (bicyclic) bond motifs is 1. The van der Waals surface area contributed by atoms with E-state index in [0.29, 0.717) is 5.56 Å². The minimum absolute atomic E-state index is 0.0538. The van der Waals surface area contributed by atoms with Crippen molar-refractivity contribution in [3.63, 3.8) is 0 Å². The molecule has 9 nitrogen and oxygen atoms in total. The Morgan fingerprint density at radius 1 is 0.839 bits per heavy atom. The quantitative estimate of drug-likeness (QED) is 0.311. The van der Waals surface area contributed by atoms with E-state index >= 15 is 0 Å². The standard InChI is InChI=1S/C22H18O9/c23-10-1-2-12(22(29)30)13(5-10)14-8-15-16(25)6-11(24)7-19(15)31-21(14)9-3-17(26)20(28)18(27)4-9/h1-7,14,21,23-28H,8H2,(H,29,30)/t14?,21-/m0/s1. The molecule has 1 heterocycles. The number of ether oxygens (including phenoxy) is 1. The lowest BCUT2D eigenvalue weighted by Gasteiger charge is -2.35. The van der Waals surface area contributed by atoms with Gasteiger partial charge in [-0.3, -0.25) is 0 Å². The molecule has 3 aromatic rings. The Labute approximate surface area is 175 Å². The van der Waals surface area contributed by atoms with E-state index in [1.165, 1.54) is 24.3 Å². The molecular formula is C22H18O9. The molecule has 7 N–H and O–H groups in total. The first kappa shape index (κ1) is 20.0. The van der Waals surface area contributed by atoms with Gasteiger partial charge in [-0.25, -0.2) is 4.79 Å². The van der Waals surface area contributed by atoms with Crippen LogP contribution in [0.2, 0.25) is 0 Å². The summed E-state index contributed by atoms with van der Waals surface area (Å²) in [6.45, 7) is 0. The highest BCUT2D eigenvalue weighted by molar-refractivity contribution is 5.90. The molecule has 0 saturated carbocycles. The Bertz CT molecular complexity index is 1180. The molecule has 31 heavy (non-hydrogen) atoms. The number of aromatic hydroxyl groups is 6. The summed E-state index contributed by atoms with van der Waals surface area (Å²) in [5.74, 6) is -4.56. The first-order valence-electron chi connectivity index (χ1n) is 9.18. The van der Waals surface area contributed by atoms with E-state index in [2.05, 4.69) is 0 Å². The molecule has 9 heteroatoms. The highest BCUT2D eigenvalue weighted by Gasteiger charge is 2.37. The second-order valence-corrected chi connectivity index (χ2v) is 7.28. The molecule has 0 bridgehead atoms. The maximum absolute atomic E-state index is 11.8. The third-order valence-electron chi connectivity index (χ3n) is 5.30. The zero-order valence-electron chi connectivity index (χ0n) is 15.9. The van der Waals surface area contributed by atoms with Crippen LogP contribution in [-0.2, 0) is 6.42 Å². The molecular weight excluding hydrogens is 408 g/mol. The molecule has 0 fully saturated rings. The van der Waals surface area contributed by atoms with Crippen LogP contribution in [0.5, 0.6) is 40.2 Å². The Morgan fingerprint density at radius 2 is 1.52 bits per heavy atom. The minimum Gasteiger partial charge on any atom is -0.508 e. The Morgan fingerprint density at radius 3 is 2.16 bits per heavy atom. The van der Waals surface area contributed by atoms with Gasteiger partial charge in [-0.2, -0.15) is 0 Å². The number of carboxylic acids is 1. The van der Waals surface area contributed by atoms with Crippen LogP contribution in [0.3, 0.4) is 0 Å². The molecule has 0 radical (unpaired) electrons. The number of benzene rings is 3. The van der Waals surface area contributed by atoms with Crippen LogP contribution in [0.1, 0.15) is 39.1 Å². The number of hydrogen-bond donors (Lipinski definition) is 7. The molecule has 0 aliphatic carbocycles. The zero-order valence-corrected chi connectivity index (χ0v) is 15.9. The molecule has 1 aliphatic rings. The number of phenols is 6. The summed E-state index contributed by atoms with van der Waals surface area (Å²) < 4.78 is 5.97. The van der Waals surface area contributed by atoms with Crippen molar-refractivity contribution in [1.82, 2.24) is 0 Å². The van der Waals surface area contributed by atoms with Crippen LogP contribution in [-0.4, -0.2) is 41.7 Å². The number of hydrogen-bond acceptors (Lipinski definition) is 8. The van der Waals surface area contributed by atoms with Gasteiger partial charge in [0.25, 0.3) is 0 Å². The third-order valence-corrected chi connectivity index (χ3v) is 5.30. The minimum atomic E-state index is -1.24. The number of aromatic carboxylic acids is 1. The second-order valence-electron chi connectivity index (χ2n) is 7.28. The molecule has 0 saturated heterocycles. The molecule has 0 spiro atoms. The fourth-order valence-corrected chi connectivity index (χ4v) is 3.89. The van der Waals surface area contributed by atoms with Crippen molar-refractivity contribution in [2.45, 2.75) is 18.4 Å². The first-order chi connectivity index (χ1) is 14.7. The van der Waals surface area contributed by atoms with Crippen molar-refractivity contribution in [3.8, 4) is 40.2 Å². The van der Waals surface area contributed by atoms with Gasteiger partial charge in [-0.05, 0) is 42.3 Å². The number of rotatable bonds is 3. The van der Waals surface area contributed by atoms with E-state index < -0.39 is 35.2 Å². The van der Waals surface area contributed by atoms with Crippen LogP contribution in [0.4, 0.5) is 0 Å². The predicted octanol–water partition coefficient (Wildman–Crippen LogP) is 3.08. The maximum atomic E-state index is 11.8. The summed E-state index contributed by atoms with van der Waals surface area (Å²) in [5, 5.41) is 69.3. The van der Waals surface area contributed by atoms with E-state index in [1.54, 1.807) is 0 Å². The zero-order chi connectivity index (χ0) is 22.4. The SMILES string of the molecule is O=C(O)c1ccc(O)cc1C1Cc2c(O)cc(O)cc2O[C@H]1c1cc(O)c(O)c(O)c1. The lowest BCUT2D eigenvalue weighted by Crippen LogP contribution is -2.26. The lowest BCUT2D eigenvalue weighted by atomic mass is 9.79. The van der Waals surface area contributed by atoms with Gasteiger partial charge in [0.05, 0.1) is 5.56 Å². The van der Waals surface area contributed by atoms with E-state index in [0.717, 1.165) is 18.2 Å². The van der Waals surface area contributed by atoms with Gasteiger partial charge in [-0.15, -0.1) is 0 Å². The molecule has 4 rings (SSSR count). The smallest absolute Gasteiger partial charge is 0.335 e. The van der Waals surface area contributed by atoms with Crippen LogP contribution in [0, 0.1) is 0 Å². The summed E-state index contributed by atoms with van der Waals surface area (Å²) in [4.78, 5) is 11.8.